The SMILES string of the molecule is COc1ccc(-c2ccc3c(c2)CCN(CC(=O)N2CCN(C4CCCC4)CC2)C3)cn1. The van der Waals surface area contributed by atoms with Gasteiger partial charge < -0.3 is 9.64 Å². The van der Waals surface area contributed by atoms with Gasteiger partial charge in [0.15, 0.2) is 0 Å². The molecule has 1 aromatic carbocycles. The van der Waals surface area contributed by atoms with Crippen LogP contribution in [0.4, 0.5) is 0 Å². The van der Waals surface area contributed by atoms with E-state index >= 15 is 0 Å². The molecule has 1 saturated carbocycles. The number of ether oxygens (including phenoxy) is 1. The van der Waals surface area contributed by atoms with Gasteiger partial charge in [0.2, 0.25) is 11.8 Å². The highest BCUT2D eigenvalue weighted by Crippen LogP contribution is 2.27. The summed E-state index contributed by atoms with van der Waals surface area (Å²) in [4.78, 5) is 24.3. The number of aromatic nitrogens is 1. The smallest absolute Gasteiger partial charge is 0.236 e. The topological polar surface area (TPSA) is 48.9 Å². The summed E-state index contributed by atoms with van der Waals surface area (Å²) in [5.74, 6) is 0.924. The summed E-state index contributed by atoms with van der Waals surface area (Å²) < 4.78 is 5.16. The van der Waals surface area contributed by atoms with Crippen LogP contribution < -0.4 is 4.74 Å². The Labute approximate surface area is 191 Å². The molecule has 0 spiro atoms. The molecule has 2 aromatic rings. The van der Waals surface area contributed by atoms with E-state index in [1.165, 1.54) is 42.4 Å². The molecule has 0 N–H and O–H groups in total. The molecule has 0 unspecified atom stereocenters. The number of nitrogens with zero attached hydrogens (tertiary/aromatic N) is 4. The largest absolute Gasteiger partial charge is 0.481 e. The zero-order valence-corrected chi connectivity index (χ0v) is 19.1. The molecular weight excluding hydrogens is 400 g/mol. The van der Waals surface area contributed by atoms with Crippen LogP contribution in [0.5, 0.6) is 5.88 Å². The van der Waals surface area contributed by atoms with E-state index in [4.69, 9.17) is 4.74 Å². The van der Waals surface area contributed by atoms with Gasteiger partial charge in [-0.1, -0.05) is 31.0 Å². The Balaban J connectivity index is 1.15. The Kier molecular flexibility index (Phi) is 6.42. The van der Waals surface area contributed by atoms with Crippen LogP contribution in [0.3, 0.4) is 0 Å². The van der Waals surface area contributed by atoms with Gasteiger partial charge in [-0.3, -0.25) is 14.6 Å². The summed E-state index contributed by atoms with van der Waals surface area (Å²) in [6, 6.07) is 11.4. The maximum Gasteiger partial charge on any atom is 0.236 e. The molecule has 1 amide bonds. The molecular formula is C26H34N4O2. The molecule has 1 aliphatic carbocycles. The summed E-state index contributed by atoms with van der Waals surface area (Å²) in [5, 5.41) is 0. The van der Waals surface area contributed by atoms with E-state index in [-0.39, 0.29) is 0 Å². The number of hydrogen-bond donors (Lipinski definition) is 0. The minimum Gasteiger partial charge on any atom is -0.481 e. The monoisotopic (exact) mass is 434 g/mol. The Bertz CT molecular complexity index is 931. The standard InChI is InChI=1S/C26H34N4O2/c1-32-25-9-8-22(17-27-25)20-6-7-23-18-28(11-10-21(23)16-20)19-26(31)30-14-12-29(13-15-30)24-4-2-3-5-24/h6-9,16-17,24H,2-5,10-15,18-19H2,1H3. The van der Waals surface area contributed by atoms with Gasteiger partial charge in [0, 0.05) is 63.1 Å². The van der Waals surface area contributed by atoms with Crippen molar-refractivity contribution in [3.05, 3.63) is 47.7 Å². The molecule has 170 valence electrons. The van der Waals surface area contributed by atoms with Crippen molar-refractivity contribution in [2.45, 2.75) is 44.7 Å². The number of fused-ring (bicyclic) bond motifs is 1. The Morgan fingerprint density at radius 2 is 1.78 bits per heavy atom. The molecule has 3 heterocycles. The van der Waals surface area contributed by atoms with Crippen LogP contribution in [-0.4, -0.2) is 78.0 Å². The first-order valence-electron chi connectivity index (χ1n) is 12.1. The molecule has 3 aliphatic rings. The van der Waals surface area contributed by atoms with Crippen LogP contribution in [0.1, 0.15) is 36.8 Å². The van der Waals surface area contributed by atoms with Crippen LogP contribution in [0.2, 0.25) is 0 Å². The number of amides is 1. The molecule has 2 fully saturated rings. The van der Waals surface area contributed by atoms with Crippen molar-refractivity contribution in [1.82, 2.24) is 19.7 Å². The average molecular weight is 435 g/mol. The highest BCUT2D eigenvalue weighted by molar-refractivity contribution is 5.78. The van der Waals surface area contributed by atoms with Crippen LogP contribution >= 0.6 is 0 Å². The molecule has 5 rings (SSSR count). The van der Waals surface area contributed by atoms with E-state index in [1.54, 1.807) is 7.11 Å². The summed E-state index contributed by atoms with van der Waals surface area (Å²) in [6.45, 7) is 6.19. The molecule has 0 atom stereocenters. The van der Waals surface area contributed by atoms with Crippen molar-refractivity contribution in [1.29, 1.82) is 0 Å². The third-order valence-corrected chi connectivity index (χ3v) is 7.44. The fourth-order valence-corrected chi connectivity index (χ4v) is 5.49. The quantitative estimate of drug-likeness (QED) is 0.723. The number of benzene rings is 1. The lowest BCUT2D eigenvalue weighted by Crippen LogP contribution is -2.53. The Morgan fingerprint density at radius 1 is 1.00 bits per heavy atom. The van der Waals surface area contributed by atoms with Crippen molar-refractivity contribution in [2.24, 2.45) is 0 Å². The zero-order chi connectivity index (χ0) is 21.9. The third-order valence-electron chi connectivity index (χ3n) is 7.44. The van der Waals surface area contributed by atoms with E-state index in [1.807, 2.05) is 18.3 Å². The van der Waals surface area contributed by atoms with Gasteiger partial charge in [0.05, 0.1) is 13.7 Å². The van der Waals surface area contributed by atoms with Gasteiger partial charge in [0.1, 0.15) is 0 Å². The summed E-state index contributed by atoms with van der Waals surface area (Å²) in [6.07, 6.45) is 8.28. The number of carbonyl (C=O) groups excluding carboxylic acids is 1. The maximum atomic E-state index is 12.9. The first-order chi connectivity index (χ1) is 15.7. The van der Waals surface area contributed by atoms with Crippen molar-refractivity contribution in [2.75, 3.05) is 46.4 Å². The second-order valence-electron chi connectivity index (χ2n) is 9.39. The number of carbonyl (C=O) groups is 1. The summed E-state index contributed by atoms with van der Waals surface area (Å²) in [7, 11) is 1.63. The van der Waals surface area contributed by atoms with Crippen LogP contribution in [0, 0.1) is 0 Å². The second-order valence-corrected chi connectivity index (χ2v) is 9.39. The van der Waals surface area contributed by atoms with Crippen molar-refractivity contribution < 1.29 is 9.53 Å². The summed E-state index contributed by atoms with van der Waals surface area (Å²) >= 11 is 0. The molecule has 6 heteroatoms. The van der Waals surface area contributed by atoms with Crippen LogP contribution in [-0.2, 0) is 17.8 Å². The van der Waals surface area contributed by atoms with Crippen molar-refractivity contribution in [3.63, 3.8) is 0 Å². The molecule has 1 saturated heterocycles. The lowest BCUT2D eigenvalue weighted by atomic mass is 9.95. The van der Waals surface area contributed by atoms with E-state index in [9.17, 15) is 4.79 Å². The predicted octanol–water partition coefficient (Wildman–Crippen LogP) is 3.20. The van der Waals surface area contributed by atoms with Gasteiger partial charge in [-0.05, 0) is 42.0 Å². The van der Waals surface area contributed by atoms with E-state index in [0.717, 1.165) is 57.3 Å². The number of piperazine rings is 1. The number of hydrogen-bond acceptors (Lipinski definition) is 5. The molecule has 1 aromatic heterocycles. The molecule has 2 aliphatic heterocycles. The molecule has 32 heavy (non-hydrogen) atoms. The van der Waals surface area contributed by atoms with Crippen molar-refractivity contribution in [3.8, 4) is 17.0 Å². The highest BCUT2D eigenvalue weighted by Gasteiger charge is 2.29. The van der Waals surface area contributed by atoms with E-state index in [2.05, 4.69) is 37.9 Å². The third kappa shape index (κ3) is 4.66. The first-order valence-corrected chi connectivity index (χ1v) is 12.1. The Morgan fingerprint density at radius 3 is 2.50 bits per heavy atom. The van der Waals surface area contributed by atoms with Gasteiger partial charge in [-0.2, -0.15) is 0 Å². The van der Waals surface area contributed by atoms with E-state index in [0.29, 0.717) is 18.3 Å². The molecule has 0 bridgehead atoms. The van der Waals surface area contributed by atoms with Gasteiger partial charge in [-0.15, -0.1) is 0 Å². The zero-order valence-electron chi connectivity index (χ0n) is 19.1. The average Bonchev–Trinajstić information content (AvgIpc) is 3.39. The van der Waals surface area contributed by atoms with Gasteiger partial charge in [-0.25, -0.2) is 4.98 Å². The molecule has 6 nitrogen and oxygen atoms in total. The van der Waals surface area contributed by atoms with Gasteiger partial charge >= 0.3 is 0 Å². The van der Waals surface area contributed by atoms with Crippen LogP contribution in [0.15, 0.2) is 36.5 Å². The van der Waals surface area contributed by atoms with Crippen molar-refractivity contribution >= 4 is 5.91 Å². The molecule has 0 radical (unpaired) electrons. The normalized spacial score (nSPS) is 20.3. The second kappa shape index (κ2) is 9.59. The minimum atomic E-state index is 0.292. The lowest BCUT2D eigenvalue weighted by molar-refractivity contribution is -0.134. The first kappa shape index (κ1) is 21.4. The number of methoxy groups -OCH3 is 1. The van der Waals surface area contributed by atoms with Gasteiger partial charge in [0.25, 0.3) is 0 Å². The van der Waals surface area contributed by atoms with Crippen LogP contribution in [0.25, 0.3) is 11.1 Å². The summed E-state index contributed by atoms with van der Waals surface area (Å²) in [5.41, 5.74) is 5.00. The predicted molar refractivity (Wildman–Crippen MR) is 126 cm³/mol. The minimum absolute atomic E-state index is 0.292. The fraction of sp³-hybridized carbons (Fsp3) is 0.538. The number of rotatable bonds is 5. The van der Waals surface area contributed by atoms with E-state index < -0.39 is 0 Å². The number of pyridine rings is 1. The lowest BCUT2D eigenvalue weighted by Gasteiger charge is -2.39. The maximum absolute atomic E-state index is 12.9. The Hall–Kier alpha value is -2.44. The highest BCUT2D eigenvalue weighted by atomic mass is 16.5. The fourth-order valence-electron chi connectivity index (χ4n) is 5.49.